The molecular weight excluding hydrogens is 267 g/mol. The van der Waals surface area contributed by atoms with Gasteiger partial charge in [0.15, 0.2) is 0 Å². The van der Waals surface area contributed by atoms with E-state index in [-0.39, 0.29) is 0 Å². The van der Waals surface area contributed by atoms with Gasteiger partial charge >= 0.3 is 6.18 Å². The molecule has 0 spiro atoms. The Labute approximate surface area is 114 Å². The van der Waals surface area contributed by atoms with Crippen LogP contribution in [0.4, 0.5) is 13.2 Å². The third kappa shape index (κ3) is 2.30. The molecule has 0 saturated heterocycles. The van der Waals surface area contributed by atoms with E-state index in [0.29, 0.717) is 17.2 Å². The molecule has 1 aliphatic rings. The summed E-state index contributed by atoms with van der Waals surface area (Å²) in [5.41, 5.74) is 1.26. The van der Waals surface area contributed by atoms with Crippen molar-refractivity contribution < 1.29 is 13.2 Å². The Kier molecular flexibility index (Phi) is 3.03. The SMILES string of the molecule is C[C@H]1CCCn2nc(-c3ccnc(C(F)(F)F)c3)cc21. The number of hydrogen-bond donors (Lipinski definition) is 0. The molecule has 2 aromatic rings. The summed E-state index contributed by atoms with van der Waals surface area (Å²) in [7, 11) is 0. The molecule has 3 rings (SSSR count). The summed E-state index contributed by atoms with van der Waals surface area (Å²) in [6, 6.07) is 4.51. The summed E-state index contributed by atoms with van der Waals surface area (Å²) in [4.78, 5) is 3.37. The standard InChI is InChI=1S/C14H14F3N3/c1-9-3-2-6-20-12(9)8-11(19-20)10-4-5-18-13(7-10)14(15,16)17/h4-5,7-9H,2-3,6H2,1H3/t9-/m0/s1. The summed E-state index contributed by atoms with van der Waals surface area (Å²) < 4.78 is 40.0. The lowest BCUT2D eigenvalue weighted by Gasteiger charge is -2.19. The summed E-state index contributed by atoms with van der Waals surface area (Å²) in [6.45, 7) is 2.95. The largest absolute Gasteiger partial charge is 0.433 e. The van der Waals surface area contributed by atoms with Crippen LogP contribution < -0.4 is 0 Å². The van der Waals surface area contributed by atoms with Gasteiger partial charge in [-0.1, -0.05) is 6.92 Å². The normalized spacial score (nSPS) is 18.9. The van der Waals surface area contributed by atoms with Crippen molar-refractivity contribution in [3.05, 3.63) is 35.8 Å². The fourth-order valence-corrected chi connectivity index (χ4v) is 2.59. The summed E-state index contributed by atoms with van der Waals surface area (Å²) >= 11 is 0. The lowest BCUT2D eigenvalue weighted by Crippen LogP contribution is -2.13. The molecule has 0 N–H and O–H groups in total. The van der Waals surface area contributed by atoms with Gasteiger partial charge in [-0.15, -0.1) is 0 Å². The molecule has 2 aromatic heterocycles. The molecule has 0 aliphatic carbocycles. The Morgan fingerprint density at radius 3 is 2.80 bits per heavy atom. The molecule has 0 saturated carbocycles. The molecule has 0 amide bonds. The predicted molar refractivity (Wildman–Crippen MR) is 68.1 cm³/mol. The predicted octanol–water partition coefficient (Wildman–Crippen LogP) is 3.86. The zero-order valence-electron chi connectivity index (χ0n) is 11.0. The van der Waals surface area contributed by atoms with E-state index in [2.05, 4.69) is 17.0 Å². The summed E-state index contributed by atoms with van der Waals surface area (Å²) in [5.74, 6) is 0.397. The van der Waals surface area contributed by atoms with Crippen LogP contribution in [0.1, 0.15) is 37.1 Å². The highest BCUT2D eigenvalue weighted by Gasteiger charge is 2.32. The summed E-state index contributed by atoms with van der Waals surface area (Å²) in [5, 5.41) is 4.42. The van der Waals surface area contributed by atoms with Crippen molar-refractivity contribution in [1.29, 1.82) is 0 Å². The average Bonchev–Trinajstić information content (AvgIpc) is 2.83. The van der Waals surface area contributed by atoms with E-state index >= 15 is 0 Å². The second kappa shape index (κ2) is 4.61. The fraction of sp³-hybridized carbons (Fsp3) is 0.429. The quantitative estimate of drug-likeness (QED) is 0.794. The highest BCUT2D eigenvalue weighted by atomic mass is 19.4. The van der Waals surface area contributed by atoms with Crippen molar-refractivity contribution in [1.82, 2.24) is 14.8 Å². The van der Waals surface area contributed by atoms with Crippen LogP contribution in [0.2, 0.25) is 0 Å². The van der Waals surface area contributed by atoms with Crippen molar-refractivity contribution in [2.24, 2.45) is 0 Å². The van der Waals surface area contributed by atoms with Gasteiger partial charge in [-0.3, -0.25) is 9.67 Å². The summed E-state index contributed by atoms with van der Waals surface area (Å²) in [6.07, 6.45) is -1.10. The highest BCUT2D eigenvalue weighted by molar-refractivity contribution is 5.60. The average molecular weight is 281 g/mol. The Morgan fingerprint density at radius 1 is 1.30 bits per heavy atom. The molecule has 1 aliphatic heterocycles. The molecule has 0 aromatic carbocycles. The minimum absolute atomic E-state index is 0.397. The van der Waals surface area contributed by atoms with E-state index in [1.165, 1.54) is 6.20 Å². The molecule has 1 atom stereocenters. The maximum Gasteiger partial charge on any atom is 0.433 e. The van der Waals surface area contributed by atoms with E-state index < -0.39 is 11.9 Å². The Bertz CT molecular complexity index is 631. The maximum absolute atomic E-state index is 12.7. The smallest absolute Gasteiger partial charge is 0.269 e. The van der Waals surface area contributed by atoms with E-state index in [4.69, 9.17) is 0 Å². The molecule has 3 heterocycles. The lowest BCUT2D eigenvalue weighted by molar-refractivity contribution is -0.141. The van der Waals surface area contributed by atoms with Crippen molar-refractivity contribution in [2.45, 2.75) is 38.4 Å². The Morgan fingerprint density at radius 2 is 2.10 bits per heavy atom. The zero-order chi connectivity index (χ0) is 14.3. The van der Waals surface area contributed by atoms with Crippen LogP contribution in [-0.2, 0) is 12.7 Å². The number of nitrogens with zero attached hydrogens (tertiary/aromatic N) is 3. The molecule has 0 unspecified atom stereocenters. The van der Waals surface area contributed by atoms with Crippen molar-refractivity contribution >= 4 is 0 Å². The third-order valence-corrected chi connectivity index (χ3v) is 3.67. The topological polar surface area (TPSA) is 30.7 Å². The van der Waals surface area contributed by atoms with Crippen LogP contribution in [0.15, 0.2) is 24.4 Å². The minimum Gasteiger partial charge on any atom is -0.269 e. The van der Waals surface area contributed by atoms with E-state index in [0.717, 1.165) is 31.1 Å². The van der Waals surface area contributed by atoms with Crippen LogP contribution in [0.25, 0.3) is 11.3 Å². The number of alkyl halides is 3. The zero-order valence-corrected chi connectivity index (χ0v) is 11.0. The molecule has 0 fully saturated rings. The van der Waals surface area contributed by atoms with Crippen LogP contribution in [0, 0.1) is 0 Å². The van der Waals surface area contributed by atoms with Crippen molar-refractivity contribution in [3.63, 3.8) is 0 Å². The lowest BCUT2D eigenvalue weighted by atomic mass is 9.98. The number of fused-ring (bicyclic) bond motifs is 1. The molecule has 106 valence electrons. The van der Waals surface area contributed by atoms with Crippen molar-refractivity contribution in [2.75, 3.05) is 0 Å². The number of rotatable bonds is 1. The number of halogens is 3. The fourth-order valence-electron chi connectivity index (χ4n) is 2.59. The monoisotopic (exact) mass is 281 g/mol. The number of hydrogen-bond acceptors (Lipinski definition) is 2. The van der Waals surface area contributed by atoms with Gasteiger partial charge in [0.2, 0.25) is 0 Å². The first-order chi connectivity index (χ1) is 9.45. The van der Waals surface area contributed by atoms with Gasteiger partial charge in [0.25, 0.3) is 0 Å². The maximum atomic E-state index is 12.7. The molecule has 20 heavy (non-hydrogen) atoms. The minimum atomic E-state index is -4.43. The van der Waals surface area contributed by atoms with Crippen LogP contribution in [-0.4, -0.2) is 14.8 Å². The first-order valence-corrected chi connectivity index (χ1v) is 6.56. The number of aryl methyl sites for hydroxylation is 1. The molecule has 6 heteroatoms. The third-order valence-electron chi connectivity index (χ3n) is 3.67. The van der Waals surface area contributed by atoms with Crippen molar-refractivity contribution in [3.8, 4) is 11.3 Å². The Balaban J connectivity index is 2.02. The van der Waals surface area contributed by atoms with Crippen LogP contribution in [0.3, 0.4) is 0 Å². The number of pyridine rings is 1. The first kappa shape index (κ1) is 13.1. The highest BCUT2D eigenvalue weighted by Crippen LogP contribution is 2.33. The molecular formula is C14H14F3N3. The van der Waals surface area contributed by atoms with Crippen LogP contribution in [0.5, 0.6) is 0 Å². The van der Waals surface area contributed by atoms with Gasteiger partial charge < -0.3 is 0 Å². The molecule has 0 bridgehead atoms. The van der Waals surface area contributed by atoms with Gasteiger partial charge in [-0.05, 0) is 37.0 Å². The van der Waals surface area contributed by atoms with E-state index in [1.807, 2.05) is 10.7 Å². The van der Waals surface area contributed by atoms with Gasteiger partial charge in [-0.2, -0.15) is 18.3 Å². The second-order valence-corrected chi connectivity index (χ2v) is 5.15. The van der Waals surface area contributed by atoms with E-state index in [9.17, 15) is 13.2 Å². The van der Waals surface area contributed by atoms with E-state index in [1.54, 1.807) is 6.07 Å². The number of aromatic nitrogens is 3. The van der Waals surface area contributed by atoms with Gasteiger partial charge in [0.1, 0.15) is 5.69 Å². The molecule has 3 nitrogen and oxygen atoms in total. The van der Waals surface area contributed by atoms with Gasteiger partial charge in [0, 0.05) is 24.0 Å². The Hall–Kier alpha value is -1.85. The molecule has 0 radical (unpaired) electrons. The van der Waals surface area contributed by atoms with Gasteiger partial charge in [-0.25, -0.2) is 0 Å². The van der Waals surface area contributed by atoms with Crippen LogP contribution >= 0.6 is 0 Å². The van der Waals surface area contributed by atoms with Gasteiger partial charge in [0.05, 0.1) is 5.69 Å². The second-order valence-electron chi connectivity index (χ2n) is 5.15. The first-order valence-electron chi connectivity index (χ1n) is 6.56.